The smallest absolute Gasteiger partial charge is 0.126 e. The number of fused-ring (bicyclic) bond motifs is 1. The van der Waals surface area contributed by atoms with Crippen molar-refractivity contribution in [1.29, 1.82) is 0 Å². The number of aromatic amines is 1. The summed E-state index contributed by atoms with van der Waals surface area (Å²) in [6.07, 6.45) is 5.25. The van der Waals surface area contributed by atoms with E-state index in [2.05, 4.69) is 20.5 Å². The first-order chi connectivity index (χ1) is 11.2. The van der Waals surface area contributed by atoms with Crippen LogP contribution in [0.2, 0.25) is 0 Å². The largest absolute Gasteiger partial charge is 0.393 e. The lowest BCUT2D eigenvalue weighted by atomic mass is 9.93. The average Bonchev–Trinajstić information content (AvgIpc) is 3.18. The molecular weight excluding hydrogens is 310 g/mol. The topological polar surface area (TPSA) is 99.9 Å². The van der Waals surface area contributed by atoms with Gasteiger partial charge in [0.2, 0.25) is 0 Å². The zero-order valence-corrected chi connectivity index (χ0v) is 13.4. The molecule has 0 radical (unpaired) electrons. The zero-order chi connectivity index (χ0) is 15.8. The molecule has 3 heterocycles. The first-order valence-corrected chi connectivity index (χ1v) is 8.65. The molecule has 0 atom stereocenters. The van der Waals surface area contributed by atoms with E-state index in [9.17, 15) is 5.11 Å². The SMILES string of the molecule is Nc1cc(NC2CCC(O)CC2)c2sc(-c3ccn[nH]3)cc2n1. The van der Waals surface area contributed by atoms with Crippen LogP contribution in [0.3, 0.4) is 0 Å². The van der Waals surface area contributed by atoms with Gasteiger partial charge in [0.1, 0.15) is 5.82 Å². The Kier molecular flexibility index (Phi) is 3.66. The van der Waals surface area contributed by atoms with E-state index in [0.717, 1.165) is 52.2 Å². The quantitative estimate of drug-likeness (QED) is 0.592. The summed E-state index contributed by atoms with van der Waals surface area (Å²) in [5, 5.41) is 20.2. The van der Waals surface area contributed by atoms with Crippen molar-refractivity contribution in [3.8, 4) is 10.6 Å². The van der Waals surface area contributed by atoms with Crippen molar-refractivity contribution in [3.05, 3.63) is 24.4 Å². The van der Waals surface area contributed by atoms with Crippen molar-refractivity contribution < 1.29 is 5.11 Å². The summed E-state index contributed by atoms with van der Waals surface area (Å²) in [4.78, 5) is 5.54. The fraction of sp³-hybridized carbons (Fsp3) is 0.375. The number of H-pyrrole nitrogens is 1. The number of anilines is 2. The molecule has 5 N–H and O–H groups in total. The number of hydrogen-bond acceptors (Lipinski definition) is 6. The highest BCUT2D eigenvalue weighted by Gasteiger charge is 2.20. The van der Waals surface area contributed by atoms with E-state index in [0.29, 0.717) is 11.9 Å². The number of rotatable bonds is 3. The van der Waals surface area contributed by atoms with Crippen LogP contribution in [0.5, 0.6) is 0 Å². The predicted molar refractivity (Wildman–Crippen MR) is 93.5 cm³/mol. The van der Waals surface area contributed by atoms with Gasteiger partial charge < -0.3 is 16.2 Å². The van der Waals surface area contributed by atoms with Crippen molar-refractivity contribution >= 4 is 33.1 Å². The highest BCUT2D eigenvalue weighted by molar-refractivity contribution is 7.22. The number of nitrogens with one attached hydrogen (secondary N) is 2. The van der Waals surface area contributed by atoms with Gasteiger partial charge in [-0.2, -0.15) is 5.10 Å². The maximum absolute atomic E-state index is 9.65. The van der Waals surface area contributed by atoms with Gasteiger partial charge in [0, 0.05) is 18.3 Å². The second kappa shape index (κ2) is 5.82. The number of aromatic nitrogens is 3. The van der Waals surface area contributed by atoms with Crippen molar-refractivity contribution in [2.45, 2.75) is 37.8 Å². The Hall–Kier alpha value is -2.12. The number of nitrogens with two attached hydrogens (primary N) is 1. The number of nitrogen functional groups attached to an aromatic ring is 1. The van der Waals surface area contributed by atoms with Gasteiger partial charge in [-0.05, 0) is 37.8 Å². The Balaban J connectivity index is 1.68. The lowest BCUT2D eigenvalue weighted by molar-refractivity contribution is 0.126. The summed E-state index contributed by atoms with van der Waals surface area (Å²) in [5.41, 5.74) is 8.89. The molecule has 0 aromatic carbocycles. The number of aliphatic hydroxyl groups excluding tert-OH is 1. The van der Waals surface area contributed by atoms with Crippen molar-refractivity contribution in [2.75, 3.05) is 11.1 Å². The fourth-order valence-corrected chi connectivity index (χ4v) is 4.17. The minimum atomic E-state index is -0.149. The highest BCUT2D eigenvalue weighted by Crippen LogP contribution is 2.37. The van der Waals surface area contributed by atoms with Gasteiger partial charge in [-0.25, -0.2) is 4.98 Å². The number of hydrogen-bond donors (Lipinski definition) is 4. The summed E-state index contributed by atoms with van der Waals surface area (Å²) in [6.45, 7) is 0. The van der Waals surface area contributed by atoms with Gasteiger partial charge in [0.15, 0.2) is 0 Å². The van der Waals surface area contributed by atoms with Crippen molar-refractivity contribution in [2.24, 2.45) is 0 Å². The Labute approximate surface area is 137 Å². The first kappa shape index (κ1) is 14.5. The summed E-state index contributed by atoms with van der Waals surface area (Å²) in [7, 11) is 0. The maximum Gasteiger partial charge on any atom is 0.126 e. The second-order valence-corrected chi connectivity index (χ2v) is 7.09. The number of aliphatic hydroxyl groups is 1. The molecule has 23 heavy (non-hydrogen) atoms. The van der Waals surface area contributed by atoms with E-state index in [1.54, 1.807) is 17.5 Å². The van der Waals surface area contributed by atoms with Gasteiger partial charge >= 0.3 is 0 Å². The molecule has 0 unspecified atom stereocenters. The van der Waals surface area contributed by atoms with Gasteiger partial charge in [0.25, 0.3) is 0 Å². The monoisotopic (exact) mass is 329 g/mol. The fourth-order valence-electron chi connectivity index (χ4n) is 3.12. The lowest BCUT2D eigenvalue weighted by Crippen LogP contribution is -2.28. The molecule has 6 nitrogen and oxygen atoms in total. The summed E-state index contributed by atoms with van der Waals surface area (Å²) < 4.78 is 1.11. The van der Waals surface area contributed by atoms with Crippen LogP contribution in [0.15, 0.2) is 24.4 Å². The molecule has 120 valence electrons. The first-order valence-electron chi connectivity index (χ1n) is 7.83. The van der Waals surface area contributed by atoms with Crippen LogP contribution in [0.4, 0.5) is 11.5 Å². The van der Waals surface area contributed by atoms with Gasteiger partial charge in [-0.3, -0.25) is 5.10 Å². The molecule has 7 heteroatoms. The molecule has 0 amide bonds. The molecule has 3 aromatic heterocycles. The van der Waals surface area contributed by atoms with Gasteiger partial charge in [0.05, 0.1) is 32.6 Å². The van der Waals surface area contributed by atoms with E-state index in [1.165, 1.54) is 0 Å². The van der Waals surface area contributed by atoms with Crippen LogP contribution >= 0.6 is 11.3 Å². The summed E-state index contributed by atoms with van der Waals surface area (Å²) in [6, 6.07) is 6.27. The minimum Gasteiger partial charge on any atom is -0.393 e. The van der Waals surface area contributed by atoms with Crippen LogP contribution in [-0.4, -0.2) is 32.4 Å². The molecule has 0 spiro atoms. The van der Waals surface area contributed by atoms with E-state index in [4.69, 9.17) is 5.73 Å². The van der Waals surface area contributed by atoms with Crippen LogP contribution in [0.1, 0.15) is 25.7 Å². The Bertz CT molecular complexity index is 805. The highest BCUT2D eigenvalue weighted by atomic mass is 32.1. The van der Waals surface area contributed by atoms with Crippen molar-refractivity contribution in [1.82, 2.24) is 15.2 Å². The molecule has 1 fully saturated rings. The molecule has 4 rings (SSSR count). The predicted octanol–water partition coefficient (Wildman–Crippen LogP) is 2.98. The Morgan fingerprint density at radius 3 is 2.83 bits per heavy atom. The third-order valence-corrected chi connectivity index (χ3v) is 5.51. The Morgan fingerprint density at radius 2 is 2.09 bits per heavy atom. The van der Waals surface area contributed by atoms with E-state index < -0.39 is 0 Å². The second-order valence-electron chi connectivity index (χ2n) is 6.04. The third kappa shape index (κ3) is 2.89. The van der Waals surface area contributed by atoms with Crippen LogP contribution < -0.4 is 11.1 Å². The van der Waals surface area contributed by atoms with E-state index in [-0.39, 0.29) is 6.10 Å². The normalized spacial score (nSPS) is 21.6. The van der Waals surface area contributed by atoms with Crippen LogP contribution in [-0.2, 0) is 0 Å². The van der Waals surface area contributed by atoms with E-state index >= 15 is 0 Å². The van der Waals surface area contributed by atoms with Crippen LogP contribution in [0, 0.1) is 0 Å². The minimum absolute atomic E-state index is 0.149. The molecule has 0 saturated heterocycles. The lowest BCUT2D eigenvalue weighted by Gasteiger charge is -2.27. The Morgan fingerprint density at radius 1 is 1.26 bits per heavy atom. The number of thiophene rings is 1. The number of nitrogens with zero attached hydrogens (tertiary/aromatic N) is 2. The van der Waals surface area contributed by atoms with Gasteiger partial charge in [-0.1, -0.05) is 0 Å². The zero-order valence-electron chi connectivity index (χ0n) is 12.6. The maximum atomic E-state index is 9.65. The molecular formula is C16H19N5OS. The van der Waals surface area contributed by atoms with Gasteiger partial charge in [-0.15, -0.1) is 11.3 Å². The van der Waals surface area contributed by atoms with E-state index in [1.807, 2.05) is 18.2 Å². The summed E-state index contributed by atoms with van der Waals surface area (Å²) >= 11 is 1.68. The standard InChI is InChI=1S/C16H19N5OS/c17-15-8-13(19-9-1-3-10(22)4-2-9)16-12(20-15)7-14(23-16)11-5-6-18-21-11/h5-10,22H,1-4H2,(H,18,21)(H3,17,19,20). The molecule has 3 aromatic rings. The third-order valence-electron chi connectivity index (χ3n) is 4.32. The van der Waals surface area contributed by atoms with Crippen molar-refractivity contribution in [3.63, 3.8) is 0 Å². The molecule has 1 saturated carbocycles. The number of pyridine rings is 1. The molecule has 0 aliphatic heterocycles. The average molecular weight is 329 g/mol. The molecule has 1 aliphatic rings. The van der Waals surface area contributed by atoms with Crippen LogP contribution in [0.25, 0.3) is 20.8 Å². The summed E-state index contributed by atoms with van der Waals surface area (Å²) in [5.74, 6) is 0.518. The molecule has 1 aliphatic carbocycles. The molecule has 0 bridgehead atoms.